The molecule has 1 saturated heterocycles. The molecule has 0 aromatic heterocycles. The van der Waals surface area contributed by atoms with Crippen LogP contribution in [0.5, 0.6) is 0 Å². The molecule has 1 fully saturated rings. The minimum absolute atomic E-state index is 0.168. The van der Waals surface area contributed by atoms with Crippen LogP contribution >= 0.6 is 0 Å². The zero-order valence-corrected chi connectivity index (χ0v) is 14.2. The van der Waals surface area contributed by atoms with Crippen LogP contribution in [-0.2, 0) is 16.0 Å². The van der Waals surface area contributed by atoms with Crippen molar-refractivity contribution in [2.24, 2.45) is 0 Å². The van der Waals surface area contributed by atoms with Gasteiger partial charge >= 0.3 is 6.03 Å². The van der Waals surface area contributed by atoms with Gasteiger partial charge in [0.15, 0.2) is 0 Å². The Morgan fingerprint density at radius 1 is 1.24 bits per heavy atom. The molecule has 2 aliphatic heterocycles. The van der Waals surface area contributed by atoms with Crippen molar-refractivity contribution >= 4 is 23.5 Å². The fraction of sp³-hybridized carbons (Fsp3) is 0.500. The molecule has 0 bridgehead atoms. The van der Waals surface area contributed by atoms with Crippen molar-refractivity contribution in [3.8, 4) is 0 Å². The second kappa shape index (κ2) is 8.00. The van der Waals surface area contributed by atoms with Crippen LogP contribution in [0.3, 0.4) is 0 Å². The van der Waals surface area contributed by atoms with E-state index in [-0.39, 0.29) is 18.2 Å². The Kier molecular flexibility index (Phi) is 5.53. The molecule has 0 spiro atoms. The molecule has 4 amide bonds. The zero-order valence-electron chi connectivity index (χ0n) is 14.2. The first-order chi connectivity index (χ1) is 12.1. The number of hydrogen-bond donors (Lipinski definition) is 3. The van der Waals surface area contributed by atoms with Crippen LogP contribution in [0.1, 0.15) is 31.2 Å². The number of hydrogen-bond acceptors (Lipinski definition) is 4. The van der Waals surface area contributed by atoms with Crippen LogP contribution in [0, 0.1) is 0 Å². The summed E-state index contributed by atoms with van der Waals surface area (Å²) >= 11 is 0. The lowest BCUT2D eigenvalue weighted by molar-refractivity contribution is -0.123. The van der Waals surface area contributed by atoms with Gasteiger partial charge in [-0.2, -0.15) is 0 Å². The van der Waals surface area contributed by atoms with E-state index in [0.717, 1.165) is 32.4 Å². The van der Waals surface area contributed by atoms with Gasteiger partial charge in [-0.3, -0.25) is 14.9 Å². The quantitative estimate of drug-likeness (QED) is 0.693. The smallest absolute Gasteiger partial charge is 0.322 e. The Labute approximate surface area is 147 Å². The number of nitrogens with one attached hydrogen (secondary N) is 3. The lowest BCUT2D eigenvalue weighted by atomic mass is 10.0. The number of aryl methyl sites for hydroxylation is 1. The summed E-state index contributed by atoms with van der Waals surface area (Å²) in [6.07, 6.45) is 3.60. The fourth-order valence-electron chi connectivity index (χ4n) is 3.38. The largest absolute Gasteiger partial charge is 0.371 e. The third kappa shape index (κ3) is 4.49. The lowest BCUT2D eigenvalue weighted by Gasteiger charge is -2.31. The molecule has 2 heterocycles. The predicted octanol–water partition coefficient (Wildman–Crippen LogP) is 0.934. The van der Waals surface area contributed by atoms with Gasteiger partial charge in [0.1, 0.15) is 6.04 Å². The van der Waals surface area contributed by atoms with Crippen LogP contribution < -0.4 is 20.9 Å². The molecule has 2 aliphatic rings. The molecular weight excluding hydrogens is 320 g/mol. The second-order valence-corrected chi connectivity index (χ2v) is 6.48. The third-order valence-electron chi connectivity index (χ3n) is 4.65. The molecule has 1 atom stereocenters. The second-order valence-electron chi connectivity index (χ2n) is 6.48. The number of anilines is 1. The number of urea groups is 1. The van der Waals surface area contributed by atoms with E-state index in [2.05, 4.69) is 45.1 Å². The average molecular weight is 344 g/mol. The van der Waals surface area contributed by atoms with Gasteiger partial charge in [0, 0.05) is 31.7 Å². The molecule has 134 valence electrons. The van der Waals surface area contributed by atoms with Gasteiger partial charge in [-0.1, -0.05) is 18.2 Å². The van der Waals surface area contributed by atoms with Gasteiger partial charge in [-0.15, -0.1) is 0 Å². The highest BCUT2D eigenvalue weighted by atomic mass is 16.2. The summed E-state index contributed by atoms with van der Waals surface area (Å²) in [7, 11) is 0. The molecule has 1 aromatic rings. The van der Waals surface area contributed by atoms with Crippen molar-refractivity contribution in [1.29, 1.82) is 0 Å². The molecule has 0 radical (unpaired) electrons. The van der Waals surface area contributed by atoms with E-state index in [0.29, 0.717) is 13.0 Å². The van der Waals surface area contributed by atoms with Crippen LogP contribution in [0.4, 0.5) is 10.5 Å². The third-order valence-corrected chi connectivity index (χ3v) is 4.65. The summed E-state index contributed by atoms with van der Waals surface area (Å²) in [6.45, 7) is 2.47. The monoisotopic (exact) mass is 344 g/mol. The van der Waals surface area contributed by atoms with Crippen LogP contribution in [-0.4, -0.2) is 43.5 Å². The standard InChI is InChI=1S/C18H24N4O3/c23-16-9-8-14(20-18(25)21-16)17(24)19-10-4-12-22-11-3-6-13-5-1-2-7-15(13)22/h1-2,5,7,14H,3-4,6,8-12H2,(H,19,24)(H2,20,21,23,25). The van der Waals surface area contributed by atoms with E-state index >= 15 is 0 Å². The Balaban J connectivity index is 1.44. The van der Waals surface area contributed by atoms with Gasteiger partial charge in [-0.05, 0) is 37.3 Å². The Morgan fingerprint density at radius 3 is 2.96 bits per heavy atom. The van der Waals surface area contributed by atoms with E-state index in [1.54, 1.807) is 0 Å². The number of rotatable bonds is 5. The summed E-state index contributed by atoms with van der Waals surface area (Å²) in [5.41, 5.74) is 2.68. The summed E-state index contributed by atoms with van der Waals surface area (Å²) in [5, 5.41) is 7.55. The summed E-state index contributed by atoms with van der Waals surface area (Å²) in [5.74, 6) is -0.583. The summed E-state index contributed by atoms with van der Waals surface area (Å²) in [4.78, 5) is 37.3. The first-order valence-corrected chi connectivity index (χ1v) is 8.84. The van der Waals surface area contributed by atoms with Crippen molar-refractivity contribution in [2.75, 3.05) is 24.5 Å². The summed E-state index contributed by atoms with van der Waals surface area (Å²) < 4.78 is 0. The number of benzene rings is 1. The van der Waals surface area contributed by atoms with Crippen molar-refractivity contribution in [3.63, 3.8) is 0 Å². The maximum atomic E-state index is 12.2. The zero-order chi connectivity index (χ0) is 17.6. The van der Waals surface area contributed by atoms with Crippen LogP contribution in [0.25, 0.3) is 0 Å². The molecule has 1 aromatic carbocycles. The molecule has 3 rings (SSSR count). The maximum absolute atomic E-state index is 12.2. The molecule has 7 nitrogen and oxygen atoms in total. The highest BCUT2D eigenvalue weighted by Gasteiger charge is 2.25. The van der Waals surface area contributed by atoms with Crippen LogP contribution in [0.2, 0.25) is 0 Å². The number of carbonyl (C=O) groups is 3. The highest BCUT2D eigenvalue weighted by Crippen LogP contribution is 2.26. The predicted molar refractivity (Wildman–Crippen MR) is 94.3 cm³/mol. The molecule has 7 heteroatoms. The van der Waals surface area contributed by atoms with Gasteiger partial charge < -0.3 is 15.5 Å². The maximum Gasteiger partial charge on any atom is 0.322 e. The first kappa shape index (κ1) is 17.3. The van der Waals surface area contributed by atoms with E-state index < -0.39 is 12.1 Å². The average Bonchev–Trinajstić information content (AvgIpc) is 2.79. The Hall–Kier alpha value is -2.57. The fourth-order valence-corrected chi connectivity index (χ4v) is 3.38. The number of amides is 4. The molecule has 1 unspecified atom stereocenters. The van der Waals surface area contributed by atoms with Gasteiger partial charge in [0.25, 0.3) is 0 Å². The Morgan fingerprint density at radius 2 is 2.08 bits per heavy atom. The SMILES string of the molecule is O=C1CCC(C(=O)NCCCN2CCCc3ccccc32)NC(=O)N1. The minimum Gasteiger partial charge on any atom is -0.371 e. The van der Waals surface area contributed by atoms with Crippen molar-refractivity contribution in [2.45, 2.75) is 38.1 Å². The minimum atomic E-state index is -0.651. The number of nitrogens with zero attached hydrogens (tertiary/aromatic N) is 1. The number of imide groups is 1. The number of para-hydroxylation sites is 1. The molecular formula is C18H24N4O3. The van der Waals surface area contributed by atoms with E-state index in [9.17, 15) is 14.4 Å². The number of fused-ring (bicyclic) bond motifs is 1. The normalized spacial score (nSPS) is 20.2. The van der Waals surface area contributed by atoms with Gasteiger partial charge in [0.2, 0.25) is 11.8 Å². The topological polar surface area (TPSA) is 90.5 Å². The van der Waals surface area contributed by atoms with Crippen molar-refractivity contribution in [1.82, 2.24) is 16.0 Å². The lowest BCUT2D eigenvalue weighted by Crippen LogP contribution is -2.48. The Bertz CT molecular complexity index is 661. The number of carbonyl (C=O) groups excluding carboxylic acids is 3. The van der Waals surface area contributed by atoms with Crippen LogP contribution in [0.15, 0.2) is 24.3 Å². The summed E-state index contributed by atoms with van der Waals surface area (Å²) in [6, 6.07) is 7.20. The highest BCUT2D eigenvalue weighted by molar-refractivity contribution is 5.98. The van der Waals surface area contributed by atoms with E-state index in [1.165, 1.54) is 11.3 Å². The van der Waals surface area contributed by atoms with E-state index in [1.807, 2.05) is 0 Å². The van der Waals surface area contributed by atoms with Crippen molar-refractivity contribution < 1.29 is 14.4 Å². The molecule has 0 aliphatic carbocycles. The van der Waals surface area contributed by atoms with Gasteiger partial charge in [0.05, 0.1) is 0 Å². The molecule has 3 N–H and O–H groups in total. The molecule has 0 saturated carbocycles. The van der Waals surface area contributed by atoms with E-state index in [4.69, 9.17) is 0 Å². The first-order valence-electron chi connectivity index (χ1n) is 8.84. The molecule has 25 heavy (non-hydrogen) atoms. The van der Waals surface area contributed by atoms with Gasteiger partial charge in [-0.25, -0.2) is 4.79 Å². The van der Waals surface area contributed by atoms with Crippen molar-refractivity contribution in [3.05, 3.63) is 29.8 Å².